The molecule has 0 bridgehead atoms. The number of halogens is 1. The van der Waals surface area contributed by atoms with Gasteiger partial charge in [0.05, 0.1) is 34.8 Å². The summed E-state index contributed by atoms with van der Waals surface area (Å²) in [6.45, 7) is 4.60. The lowest BCUT2D eigenvalue weighted by molar-refractivity contribution is -0.147. The van der Waals surface area contributed by atoms with Gasteiger partial charge >= 0.3 is 5.97 Å². The summed E-state index contributed by atoms with van der Waals surface area (Å²) in [5.41, 5.74) is 1.62. The van der Waals surface area contributed by atoms with E-state index in [2.05, 4.69) is 10.4 Å². The Labute approximate surface area is 134 Å². The van der Waals surface area contributed by atoms with Crippen molar-refractivity contribution in [1.82, 2.24) is 15.1 Å². The Balaban J connectivity index is 1.91. The highest BCUT2D eigenvalue weighted by Crippen LogP contribution is 2.26. The van der Waals surface area contributed by atoms with Crippen LogP contribution in [-0.4, -0.2) is 33.3 Å². The Kier molecular flexibility index (Phi) is 5.24. The van der Waals surface area contributed by atoms with Gasteiger partial charge in [0.1, 0.15) is 0 Å². The standard InChI is InChI=1S/C15H20ClN3O3/c1-9-13(16)10(2)19(18-9)8-7-17-14(20)11-5-3-4-6-12(11)15(21)22/h3-4,11-12H,5-8H2,1-2H3,(H,17,20)(H,21,22)/t11-,12+/m1/s1. The van der Waals surface area contributed by atoms with Crippen molar-refractivity contribution in [3.8, 4) is 0 Å². The molecule has 0 aliphatic heterocycles. The van der Waals surface area contributed by atoms with Gasteiger partial charge < -0.3 is 10.4 Å². The lowest BCUT2D eigenvalue weighted by Gasteiger charge is -2.24. The Morgan fingerprint density at radius 3 is 2.55 bits per heavy atom. The Hall–Kier alpha value is -1.82. The van der Waals surface area contributed by atoms with Crippen molar-refractivity contribution in [2.24, 2.45) is 11.8 Å². The molecule has 22 heavy (non-hydrogen) atoms. The zero-order valence-electron chi connectivity index (χ0n) is 12.7. The minimum atomic E-state index is -0.921. The lowest BCUT2D eigenvalue weighted by Crippen LogP contribution is -2.40. The van der Waals surface area contributed by atoms with Crippen LogP contribution in [0, 0.1) is 25.7 Å². The molecule has 0 saturated carbocycles. The molecule has 120 valence electrons. The van der Waals surface area contributed by atoms with Crippen molar-refractivity contribution in [2.75, 3.05) is 6.54 Å². The predicted octanol–water partition coefficient (Wildman–Crippen LogP) is 1.94. The van der Waals surface area contributed by atoms with E-state index in [-0.39, 0.29) is 5.91 Å². The third kappa shape index (κ3) is 3.50. The van der Waals surface area contributed by atoms with Gasteiger partial charge in [-0.15, -0.1) is 0 Å². The summed E-state index contributed by atoms with van der Waals surface area (Å²) < 4.78 is 1.74. The summed E-state index contributed by atoms with van der Waals surface area (Å²) in [6.07, 6.45) is 4.56. The molecular formula is C15H20ClN3O3. The van der Waals surface area contributed by atoms with Gasteiger partial charge in [0.2, 0.25) is 5.91 Å². The third-order valence-electron chi connectivity index (χ3n) is 4.00. The topological polar surface area (TPSA) is 84.2 Å². The highest BCUT2D eigenvalue weighted by Gasteiger charge is 2.33. The van der Waals surface area contributed by atoms with Crippen molar-refractivity contribution in [1.29, 1.82) is 0 Å². The number of nitrogens with zero attached hydrogens (tertiary/aromatic N) is 2. The molecule has 1 heterocycles. The molecule has 0 saturated heterocycles. The van der Waals surface area contributed by atoms with Crippen LogP contribution in [-0.2, 0) is 16.1 Å². The molecule has 1 aliphatic carbocycles. The quantitative estimate of drug-likeness (QED) is 0.810. The number of rotatable bonds is 5. The molecule has 1 aliphatic rings. The number of carboxylic acid groups (broad SMARTS) is 1. The summed E-state index contributed by atoms with van der Waals surface area (Å²) in [4.78, 5) is 23.4. The minimum absolute atomic E-state index is 0.218. The molecule has 2 atom stereocenters. The maximum absolute atomic E-state index is 12.2. The molecule has 0 spiro atoms. The van der Waals surface area contributed by atoms with E-state index in [1.165, 1.54) is 0 Å². The first-order chi connectivity index (χ1) is 10.4. The van der Waals surface area contributed by atoms with Crippen LogP contribution in [0.25, 0.3) is 0 Å². The third-order valence-corrected chi connectivity index (χ3v) is 4.55. The second kappa shape index (κ2) is 6.96. The molecule has 1 aromatic rings. The SMILES string of the molecule is Cc1nn(CCNC(=O)[C@@H]2CC=CC[C@@H]2C(=O)O)c(C)c1Cl. The van der Waals surface area contributed by atoms with E-state index in [9.17, 15) is 14.7 Å². The number of hydrogen-bond donors (Lipinski definition) is 2. The van der Waals surface area contributed by atoms with E-state index in [1.807, 2.05) is 26.0 Å². The normalized spacial score (nSPS) is 20.9. The van der Waals surface area contributed by atoms with Gasteiger partial charge in [-0.25, -0.2) is 0 Å². The van der Waals surface area contributed by atoms with E-state index in [0.717, 1.165) is 11.4 Å². The van der Waals surface area contributed by atoms with E-state index in [1.54, 1.807) is 4.68 Å². The highest BCUT2D eigenvalue weighted by molar-refractivity contribution is 6.31. The van der Waals surface area contributed by atoms with Crippen molar-refractivity contribution < 1.29 is 14.7 Å². The number of aromatic nitrogens is 2. The van der Waals surface area contributed by atoms with Crippen LogP contribution in [0.1, 0.15) is 24.2 Å². The van der Waals surface area contributed by atoms with Crippen LogP contribution in [0.5, 0.6) is 0 Å². The highest BCUT2D eigenvalue weighted by atomic mass is 35.5. The summed E-state index contributed by atoms with van der Waals surface area (Å²) in [6, 6.07) is 0. The number of hydrogen-bond acceptors (Lipinski definition) is 3. The first-order valence-corrected chi connectivity index (χ1v) is 7.64. The van der Waals surface area contributed by atoms with E-state index < -0.39 is 17.8 Å². The fourth-order valence-corrected chi connectivity index (χ4v) is 2.82. The zero-order chi connectivity index (χ0) is 16.3. The van der Waals surface area contributed by atoms with Gasteiger partial charge in [0, 0.05) is 6.54 Å². The Morgan fingerprint density at radius 2 is 2.00 bits per heavy atom. The molecule has 0 aromatic carbocycles. The number of carboxylic acids is 1. The van der Waals surface area contributed by atoms with Crippen LogP contribution in [0.15, 0.2) is 12.2 Å². The number of aliphatic carboxylic acids is 1. The van der Waals surface area contributed by atoms with Crippen LogP contribution in [0.2, 0.25) is 5.02 Å². The second-order valence-electron chi connectivity index (χ2n) is 5.49. The van der Waals surface area contributed by atoms with Gasteiger partial charge in [0.15, 0.2) is 0 Å². The van der Waals surface area contributed by atoms with Crippen LogP contribution in [0.4, 0.5) is 0 Å². The molecule has 0 unspecified atom stereocenters. The molecule has 1 amide bonds. The maximum Gasteiger partial charge on any atom is 0.307 e. The minimum Gasteiger partial charge on any atom is -0.481 e. The predicted molar refractivity (Wildman–Crippen MR) is 82.7 cm³/mol. The summed E-state index contributed by atoms with van der Waals surface area (Å²) in [7, 11) is 0. The molecule has 1 aromatic heterocycles. The molecule has 2 rings (SSSR count). The fraction of sp³-hybridized carbons (Fsp3) is 0.533. The van der Waals surface area contributed by atoms with Crippen LogP contribution < -0.4 is 5.32 Å². The molecular weight excluding hydrogens is 306 g/mol. The maximum atomic E-state index is 12.2. The number of amides is 1. The van der Waals surface area contributed by atoms with Crippen LogP contribution in [0.3, 0.4) is 0 Å². The van der Waals surface area contributed by atoms with Crippen molar-refractivity contribution in [3.63, 3.8) is 0 Å². The molecule has 0 radical (unpaired) electrons. The smallest absolute Gasteiger partial charge is 0.307 e. The van der Waals surface area contributed by atoms with Gasteiger partial charge in [-0.3, -0.25) is 14.3 Å². The first-order valence-electron chi connectivity index (χ1n) is 7.26. The number of carbonyl (C=O) groups excluding carboxylic acids is 1. The molecule has 2 N–H and O–H groups in total. The Bertz CT molecular complexity index is 609. The van der Waals surface area contributed by atoms with Gasteiger partial charge in [-0.2, -0.15) is 5.10 Å². The average Bonchev–Trinajstić information content (AvgIpc) is 2.74. The van der Waals surface area contributed by atoms with E-state index in [4.69, 9.17) is 11.6 Å². The van der Waals surface area contributed by atoms with Gasteiger partial charge in [-0.1, -0.05) is 23.8 Å². The summed E-state index contributed by atoms with van der Waals surface area (Å²) in [5, 5.41) is 16.9. The number of allylic oxidation sites excluding steroid dienone is 2. The monoisotopic (exact) mass is 325 g/mol. The molecule has 6 nitrogen and oxygen atoms in total. The lowest BCUT2D eigenvalue weighted by atomic mass is 9.82. The first kappa shape index (κ1) is 16.5. The van der Waals surface area contributed by atoms with E-state index >= 15 is 0 Å². The van der Waals surface area contributed by atoms with Gasteiger partial charge in [-0.05, 0) is 26.7 Å². The summed E-state index contributed by atoms with van der Waals surface area (Å²) in [5.74, 6) is -2.29. The summed E-state index contributed by atoms with van der Waals surface area (Å²) >= 11 is 6.07. The second-order valence-corrected chi connectivity index (χ2v) is 5.87. The zero-order valence-corrected chi connectivity index (χ0v) is 13.4. The van der Waals surface area contributed by atoms with Crippen molar-refractivity contribution in [2.45, 2.75) is 33.2 Å². The molecule has 7 heteroatoms. The average molecular weight is 326 g/mol. The largest absolute Gasteiger partial charge is 0.481 e. The van der Waals surface area contributed by atoms with E-state index in [0.29, 0.717) is 31.0 Å². The van der Waals surface area contributed by atoms with Crippen LogP contribution >= 0.6 is 11.6 Å². The van der Waals surface area contributed by atoms with Crippen molar-refractivity contribution in [3.05, 3.63) is 28.6 Å². The van der Waals surface area contributed by atoms with Crippen molar-refractivity contribution >= 4 is 23.5 Å². The number of aryl methyl sites for hydroxylation is 1. The fourth-order valence-electron chi connectivity index (χ4n) is 2.69. The Morgan fingerprint density at radius 1 is 1.36 bits per heavy atom. The number of carbonyl (C=O) groups is 2. The number of nitrogens with one attached hydrogen (secondary N) is 1. The molecule has 0 fully saturated rings. The van der Waals surface area contributed by atoms with Gasteiger partial charge in [0.25, 0.3) is 0 Å².